The zero-order valence-corrected chi connectivity index (χ0v) is 15.1. The van der Waals surface area contributed by atoms with Crippen LogP contribution in [0, 0.1) is 0 Å². The van der Waals surface area contributed by atoms with Crippen LogP contribution in [0.15, 0.2) is 42.5 Å². The third-order valence-corrected chi connectivity index (χ3v) is 5.00. The van der Waals surface area contributed by atoms with Crippen molar-refractivity contribution in [2.24, 2.45) is 0 Å². The normalized spacial score (nSPS) is 12.7. The summed E-state index contributed by atoms with van der Waals surface area (Å²) in [6.07, 6.45) is 0. The molecule has 1 aliphatic rings. The van der Waals surface area contributed by atoms with Crippen LogP contribution in [0.25, 0.3) is 0 Å². The third kappa shape index (κ3) is 3.31. The number of ether oxygens (including phenoxy) is 2. The minimum Gasteiger partial charge on any atom is -0.486 e. The van der Waals surface area contributed by atoms with E-state index in [1.165, 1.54) is 11.3 Å². The van der Waals surface area contributed by atoms with Gasteiger partial charge in [-0.05, 0) is 36.4 Å². The van der Waals surface area contributed by atoms with Crippen molar-refractivity contribution in [3.63, 3.8) is 0 Å². The quantitative estimate of drug-likeness (QED) is 0.655. The number of nitrogens with two attached hydrogens (primary N) is 1. The van der Waals surface area contributed by atoms with Crippen LogP contribution in [-0.4, -0.2) is 24.0 Å². The van der Waals surface area contributed by atoms with E-state index in [2.05, 4.69) is 10.3 Å². The Labute approximate surface area is 158 Å². The number of carbonyl (C=O) groups excluding carboxylic acids is 1. The topological polar surface area (TPSA) is 86.5 Å². The molecule has 26 heavy (non-hydrogen) atoms. The summed E-state index contributed by atoms with van der Waals surface area (Å²) in [5.41, 5.74) is 7.22. The van der Waals surface area contributed by atoms with Crippen LogP contribution >= 0.6 is 22.9 Å². The predicted octanol–water partition coefficient (Wildman–Crippen LogP) is 4.12. The van der Waals surface area contributed by atoms with E-state index in [0.29, 0.717) is 45.3 Å². The molecule has 1 aromatic heterocycles. The number of thiazole rings is 1. The molecule has 1 aliphatic heterocycles. The van der Waals surface area contributed by atoms with E-state index in [0.717, 1.165) is 5.69 Å². The lowest BCUT2D eigenvalue weighted by molar-refractivity contribution is 0.104. The van der Waals surface area contributed by atoms with Crippen molar-refractivity contribution >= 4 is 45.4 Å². The first-order valence-corrected chi connectivity index (χ1v) is 9.03. The number of carbonyl (C=O) groups is 1. The number of ketones is 1. The number of hydrogen-bond acceptors (Lipinski definition) is 7. The molecule has 0 radical (unpaired) electrons. The fraction of sp³-hybridized carbons (Fsp3) is 0.111. The van der Waals surface area contributed by atoms with Crippen LogP contribution in [0.1, 0.15) is 15.2 Å². The molecule has 2 aromatic carbocycles. The van der Waals surface area contributed by atoms with Crippen molar-refractivity contribution in [3.05, 3.63) is 57.9 Å². The fourth-order valence-electron chi connectivity index (χ4n) is 2.53. The van der Waals surface area contributed by atoms with Crippen LogP contribution in [0.2, 0.25) is 5.02 Å². The minimum atomic E-state index is -0.188. The highest BCUT2D eigenvalue weighted by Gasteiger charge is 2.19. The van der Waals surface area contributed by atoms with Gasteiger partial charge >= 0.3 is 0 Å². The molecular formula is C18H14ClN3O3S. The second-order valence-corrected chi connectivity index (χ2v) is 6.99. The Morgan fingerprint density at radius 3 is 2.62 bits per heavy atom. The summed E-state index contributed by atoms with van der Waals surface area (Å²) >= 11 is 7.06. The van der Waals surface area contributed by atoms with E-state index < -0.39 is 0 Å². The summed E-state index contributed by atoms with van der Waals surface area (Å²) in [7, 11) is 0. The van der Waals surface area contributed by atoms with Gasteiger partial charge in [0.1, 0.15) is 23.9 Å². The van der Waals surface area contributed by atoms with E-state index in [1.807, 2.05) is 18.2 Å². The van der Waals surface area contributed by atoms with Gasteiger partial charge in [-0.25, -0.2) is 4.98 Å². The Hall–Kier alpha value is -2.77. The number of aromatic nitrogens is 1. The van der Waals surface area contributed by atoms with Crippen molar-refractivity contribution in [1.29, 1.82) is 0 Å². The van der Waals surface area contributed by atoms with E-state index in [-0.39, 0.29) is 11.6 Å². The van der Waals surface area contributed by atoms with Crippen LogP contribution in [0.4, 0.5) is 16.6 Å². The summed E-state index contributed by atoms with van der Waals surface area (Å²) in [6, 6.07) is 12.2. The van der Waals surface area contributed by atoms with Crippen LogP contribution in [-0.2, 0) is 0 Å². The molecule has 0 saturated heterocycles. The first kappa shape index (κ1) is 16.7. The number of benzene rings is 2. The standard InChI is InChI=1S/C18H14ClN3O3S/c19-11-3-1-10(2-4-11)15(23)16-17(20)22-18(26-16)21-12-5-6-13-14(9-12)25-8-7-24-13/h1-6,9H,7-8,20H2,(H,21,22). The van der Waals surface area contributed by atoms with E-state index >= 15 is 0 Å². The van der Waals surface area contributed by atoms with E-state index in [4.69, 9.17) is 26.8 Å². The number of nitrogen functional groups attached to an aromatic ring is 1. The van der Waals surface area contributed by atoms with Gasteiger partial charge in [-0.2, -0.15) is 0 Å². The number of halogens is 1. The predicted molar refractivity (Wildman–Crippen MR) is 102 cm³/mol. The SMILES string of the molecule is Nc1nc(Nc2ccc3c(c2)OCCO3)sc1C(=O)c1ccc(Cl)cc1. The molecule has 4 rings (SSSR count). The summed E-state index contributed by atoms with van der Waals surface area (Å²) in [5, 5.41) is 4.24. The Morgan fingerprint density at radius 1 is 1.12 bits per heavy atom. The molecule has 0 bridgehead atoms. The van der Waals surface area contributed by atoms with Crippen LogP contribution in [0.3, 0.4) is 0 Å². The highest BCUT2D eigenvalue weighted by molar-refractivity contribution is 7.18. The van der Waals surface area contributed by atoms with Crippen molar-refractivity contribution in [1.82, 2.24) is 4.98 Å². The number of nitrogens with one attached hydrogen (secondary N) is 1. The lowest BCUT2D eigenvalue weighted by Gasteiger charge is -2.18. The molecule has 2 heterocycles. The van der Waals surface area contributed by atoms with Crippen molar-refractivity contribution in [2.75, 3.05) is 24.3 Å². The molecule has 0 atom stereocenters. The van der Waals surface area contributed by atoms with Gasteiger partial charge in [0.15, 0.2) is 16.6 Å². The first-order chi connectivity index (χ1) is 12.6. The van der Waals surface area contributed by atoms with Gasteiger partial charge in [-0.15, -0.1) is 0 Å². The molecule has 132 valence electrons. The zero-order valence-electron chi connectivity index (χ0n) is 13.5. The average molecular weight is 388 g/mol. The van der Waals surface area contributed by atoms with E-state index in [1.54, 1.807) is 24.3 Å². The molecule has 6 nitrogen and oxygen atoms in total. The lowest BCUT2D eigenvalue weighted by Crippen LogP contribution is -2.15. The smallest absolute Gasteiger partial charge is 0.206 e. The number of hydrogen-bond donors (Lipinski definition) is 2. The van der Waals surface area contributed by atoms with Crippen molar-refractivity contribution in [3.8, 4) is 11.5 Å². The highest BCUT2D eigenvalue weighted by Crippen LogP contribution is 2.35. The summed E-state index contributed by atoms with van der Waals surface area (Å²) in [6.45, 7) is 1.05. The molecule has 3 aromatic rings. The fourth-order valence-corrected chi connectivity index (χ4v) is 3.52. The monoisotopic (exact) mass is 387 g/mol. The maximum absolute atomic E-state index is 12.6. The number of rotatable bonds is 4. The molecule has 0 fully saturated rings. The van der Waals surface area contributed by atoms with Gasteiger partial charge in [0.05, 0.1) is 0 Å². The summed E-state index contributed by atoms with van der Waals surface area (Å²) in [4.78, 5) is 17.2. The molecule has 0 unspecified atom stereocenters. The minimum absolute atomic E-state index is 0.188. The molecule has 3 N–H and O–H groups in total. The Balaban J connectivity index is 1.56. The zero-order chi connectivity index (χ0) is 18.1. The Kier molecular flexibility index (Phi) is 4.40. The Morgan fingerprint density at radius 2 is 1.85 bits per heavy atom. The summed E-state index contributed by atoms with van der Waals surface area (Å²) in [5.74, 6) is 1.38. The maximum atomic E-state index is 12.6. The number of anilines is 3. The molecule has 0 aliphatic carbocycles. The van der Waals surface area contributed by atoms with Gasteiger partial charge in [0.25, 0.3) is 0 Å². The van der Waals surface area contributed by atoms with Gasteiger partial charge in [-0.1, -0.05) is 22.9 Å². The van der Waals surface area contributed by atoms with Gasteiger partial charge in [-0.3, -0.25) is 4.79 Å². The second kappa shape index (κ2) is 6.86. The molecule has 0 saturated carbocycles. The largest absolute Gasteiger partial charge is 0.486 e. The lowest BCUT2D eigenvalue weighted by atomic mass is 10.1. The van der Waals surface area contributed by atoms with Crippen LogP contribution < -0.4 is 20.5 Å². The van der Waals surface area contributed by atoms with Gasteiger partial charge in [0.2, 0.25) is 5.78 Å². The van der Waals surface area contributed by atoms with E-state index in [9.17, 15) is 4.79 Å². The average Bonchev–Trinajstić information content (AvgIpc) is 3.02. The van der Waals surface area contributed by atoms with Crippen molar-refractivity contribution in [2.45, 2.75) is 0 Å². The molecule has 0 amide bonds. The highest BCUT2D eigenvalue weighted by atomic mass is 35.5. The molecular weight excluding hydrogens is 374 g/mol. The Bertz CT molecular complexity index is 972. The number of nitrogens with zero attached hydrogens (tertiary/aromatic N) is 1. The molecule has 8 heteroatoms. The second-order valence-electron chi connectivity index (χ2n) is 5.55. The molecule has 0 spiro atoms. The van der Waals surface area contributed by atoms with Gasteiger partial charge in [0, 0.05) is 22.3 Å². The number of fused-ring (bicyclic) bond motifs is 1. The maximum Gasteiger partial charge on any atom is 0.206 e. The summed E-state index contributed by atoms with van der Waals surface area (Å²) < 4.78 is 11.1. The van der Waals surface area contributed by atoms with Crippen LogP contribution in [0.5, 0.6) is 11.5 Å². The van der Waals surface area contributed by atoms with Gasteiger partial charge < -0.3 is 20.5 Å². The first-order valence-electron chi connectivity index (χ1n) is 7.83. The third-order valence-electron chi connectivity index (χ3n) is 3.76. The van der Waals surface area contributed by atoms with Crippen molar-refractivity contribution < 1.29 is 14.3 Å².